The number of carbonyl (C=O) groups is 2. The molecule has 1 aromatic carbocycles. The van der Waals surface area contributed by atoms with Crippen LogP contribution in [0.3, 0.4) is 0 Å². The van der Waals surface area contributed by atoms with Gasteiger partial charge in [0.25, 0.3) is 5.91 Å². The van der Waals surface area contributed by atoms with Crippen molar-refractivity contribution in [3.05, 3.63) is 59.2 Å². The van der Waals surface area contributed by atoms with Crippen LogP contribution in [-0.4, -0.2) is 40.3 Å². The van der Waals surface area contributed by atoms with Crippen LogP contribution in [0, 0.1) is 11.7 Å². The minimum absolute atomic E-state index is 0.0814. The maximum Gasteiger partial charge on any atom is 0.270 e. The van der Waals surface area contributed by atoms with E-state index in [9.17, 15) is 19.1 Å². The molecular weight excluding hydrogens is 311 g/mol. The lowest BCUT2D eigenvalue weighted by atomic mass is 10.1. The molecule has 2 rings (SSSR count). The molecule has 0 saturated heterocycles. The summed E-state index contributed by atoms with van der Waals surface area (Å²) >= 11 is 0. The molecule has 1 heterocycles. The average molecular weight is 332 g/mol. The highest BCUT2D eigenvalue weighted by Gasteiger charge is 2.22. The van der Waals surface area contributed by atoms with Crippen molar-refractivity contribution in [1.29, 1.82) is 0 Å². The van der Waals surface area contributed by atoms with Gasteiger partial charge in [0, 0.05) is 6.54 Å². The molecule has 0 radical (unpaired) electrons. The van der Waals surface area contributed by atoms with Crippen molar-refractivity contribution < 1.29 is 19.1 Å². The molecule has 0 aliphatic carbocycles. The lowest BCUT2D eigenvalue weighted by molar-refractivity contribution is 0.0589. The van der Waals surface area contributed by atoms with Gasteiger partial charge in [-0.15, -0.1) is 0 Å². The highest BCUT2D eigenvalue weighted by atomic mass is 19.1. The minimum atomic E-state index is -0.922. The van der Waals surface area contributed by atoms with Gasteiger partial charge in [0.05, 0.1) is 18.3 Å². The summed E-state index contributed by atoms with van der Waals surface area (Å²) < 4.78 is 13.0. The van der Waals surface area contributed by atoms with E-state index in [2.05, 4.69) is 4.98 Å². The standard InChI is InChI=1S/C18H21FN2O3/c1-12(2)9-21(18(24)16-8-7-15(11-22)20-16)10-17(23)13-3-5-14(19)6-4-13/h3-8,11-12,17,20,23H,9-10H2,1-2H3. The molecule has 2 N–H and O–H groups in total. The number of rotatable bonds is 7. The van der Waals surface area contributed by atoms with Gasteiger partial charge < -0.3 is 15.0 Å². The third-order valence-electron chi connectivity index (χ3n) is 3.59. The number of aldehydes is 1. The average Bonchev–Trinajstić information content (AvgIpc) is 3.02. The Hall–Kier alpha value is -2.47. The van der Waals surface area contributed by atoms with Crippen LogP contribution in [0.5, 0.6) is 0 Å². The summed E-state index contributed by atoms with van der Waals surface area (Å²) in [4.78, 5) is 27.7. The molecule has 0 fully saturated rings. The number of carbonyl (C=O) groups excluding carboxylic acids is 2. The normalized spacial score (nSPS) is 12.2. The second-order valence-electron chi connectivity index (χ2n) is 6.12. The number of aliphatic hydroxyl groups excluding tert-OH is 1. The Morgan fingerprint density at radius 3 is 2.42 bits per heavy atom. The molecule has 0 saturated carbocycles. The van der Waals surface area contributed by atoms with Gasteiger partial charge in [-0.05, 0) is 35.7 Å². The molecule has 2 aromatic rings. The Labute approximate surface area is 140 Å². The Bertz CT molecular complexity index is 695. The largest absolute Gasteiger partial charge is 0.387 e. The van der Waals surface area contributed by atoms with Crippen LogP contribution in [-0.2, 0) is 0 Å². The molecule has 1 unspecified atom stereocenters. The number of benzene rings is 1. The van der Waals surface area contributed by atoms with Gasteiger partial charge in [0.1, 0.15) is 11.5 Å². The van der Waals surface area contributed by atoms with Gasteiger partial charge in [0.15, 0.2) is 6.29 Å². The molecule has 0 spiro atoms. The highest BCUT2D eigenvalue weighted by Crippen LogP contribution is 2.17. The number of aliphatic hydroxyl groups is 1. The second kappa shape index (κ2) is 7.88. The van der Waals surface area contributed by atoms with Crippen LogP contribution in [0.4, 0.5) is 4.39 Å². The first-order valence-corrected chi connectivity index (χ1v) is 7.77. The molecule has 1 aromatic heterocycles. The Morgan fingerprint density at radius 1 is 1.21 bits per heavy atom. The zero-order valence-electron chi connectivity index (χ0n) is 13.7. The summed E-state index contributed by atoms with van der Waals surface area (Å²) in [7, 11) is 0. The van der Waals surface area contributed by atoms with Gasteiger partial charge >= 0.3 is 0 Å². The van der Waals surface area contributed by atoms with Gasteiger partial charge in [-0.1, -0.05) is 26.0 Å². The third-order valence-corrected chi connectivity index (χ3v) is 3.59. The molecular formula is C18H21FN2O3. The molecule has 0 bridgehead atoms. The van der Waals surface area contributed by atoms with Gasteiger partial charge in [-0.2, -0.15) is 0 Å². The maximum atomic E-state index is 13.0. The minimum Gasteiger partial charge on any atom is -0.387 e. The van der Waals surface area contributed by atoms with Crippen molar-refractivity contribution in [2.75, 3.05) is 13.1 Å². The predicted molar refractivity (Wildman–Crippen MR) is 88.3 cm³/mol. The number of halogens is 1. The third kappa shape index (κ3) is 4.52. The molecule has 0 aliphatic rings. The Kier molecular flexibility index (Phi) is 5.87. The zero-order chi connectivity index (χ0) is 17.7. The highest BCUT2D eigenvalue weighted by molar-refractivity contribution is 5.93. The zero-order valence-corrected chi connectivity index (χ0v) is 13.7. The fourth-order valence-corrected chi connectivity index (χ4v) is 2.46. The van der Waals surface area contributed by atoms with Crippen LogP contribution in [0.2, 0.25) is 0 Å². The number of H-pyrrole nitrogens is 1. The van der Waals surface area contributed by atoms with Gasteiger partial charge in [-0.25, -0.2) is 4.39 Å². The molecule has 24 heavy (non-hydrogen) atoms. The summed E-state index contributed by atoms with van der Waals surface area (Å²) in [6, 6.07) is 8.62. The first kappa shape index (κ1) is 17.9. The first-order valence-electron chi connectivity index (χ1n) is 7.77. The number of aromatic nitrogens is 1. The van der Waals surface area contributed by atoms with E-state index >= 15 is 0 Å². The monoisotopic (exact) mass is 332 g/mol. The number of nitrogens with zero attached hydrogens (tertiary/aromatic N) is 1. The summed E-state index contributed by atoms with van der Waals surface area (Å²) in [5.74, 6) is -0.471. The second-order valence-corrected chi connectivity index (χ2v) is 6.12. The number of aromatic amines is 1. The fraction of sp³-hybridized carbons (Fsp3) is 0.333. The smallest absolute Gasteiger partial charge is 0.270 e. The predicted octanol–water partition coefficient (Wildman–Crippen LogP) is 2.80. The van der Waals surface area contributed by atoms with Crippen LogP contribution in [0.1, 0.15) is 46.5 Å². The van der Waals surface area contributed by atoms with E-state index in [4.69, 9.17) is 0 Å². The molecule has 1 amide bonds. The van der Waals surface area contributed by atoms with Crippen molar-refractivity contribution in [3.8, 4) is 0 Å². The summed E-state index contributed by atoms with van der Waals surface area (Å²) in [6.07, 6.45) is -0.287. The Morgan fingerprint density at radius 2 is 1.88 bits per heavy atom. The van der Waals surface area contributed by atoms with Crippen molar-refractivity contribution in [2.45, 2.75) is 20.0 Å². The van der Waals surface area contributed by atoms with E-state index in [0.717, 1.165) is 0 Å². The quantitative estimate of drug-likeness (QED) is 0.766. The molecule has 128 valence electrons. The SMILES string of the molecule is CC(C)CN(CC(O)c1ccc(F)cc1)C(=O)c1ccc(C=O)[nH]1. The van der Waals surface area contributed by atoms with Crippen LogP contribution in [0.25, 0.3) is 0 Å². The van der Waals surface area contributed by atoms with Crippen molar-refractivity contribution >= 4 is 12.2 Å². The number of hydrogen-bond donors (Lipinski definition) is 2. The fourth-order valence-electron chi connectivity index (χ4n) is 2.46. The van der Waals surface area contributed by atoms with Crippen LogP contribution in [0.15, 0.2) is 36.4 Å². The van der Waals surface area contributed by atoms with Crippen molar-refractivity contribution in [3.63, 3.8) is 0 Å². The number of amides is 1. The first-order chi connectivity index (χ1) is 11.4. The van der Waals surface area contributed by atoms with E-state index in [0.29, 0.717) is 29.8 Å². The molecule has 6 heteroatoms. The number of hydrogen-bond acceptors (Lipinski definition) is 3. The summed E-state index contributed by atoms with van der Waals surface area (Å²) in [5.41, 5.74) is 1.16. The van der Waals surface area contributed by atoms with E-state index < -0.39 is 6.10 Å². The summed E-state index contributed by atoms with van der Waals surface area (Å²) in [5, 5.41) is 10.4. The molecule has 5 nitrogen and oxygen atoms in total. The Balaban J connectivity index is 2.16. The summed E-state index contributed by atoms with van der Waals surface area (Å²) in [6.45, 7) is 4.47. The lowest BCUT2D eigenvalue weighted by Crippen LogP contribution is -2.37. The van der Waals surface area contributed by atoms with Crippen LogP contribution < -0.4 is 0 Å². The van der Waals surface area contributed by atoms with E-state index in [1.807, 2.05) is 13.8 Å². The van der Waals surface area contributed by atoms with Crippen molar-refractivity contribution in [1.82, 2.24) is 9.88 Å². The topological polar surface area (TPSA) is 73.4 Å². The van der Waals surface area contributed by atoms with E-state index in [1.165, 1.54) is 35.2 Å². The lowest BCUT2D eigenvalue weighted by Gasteiger charge is -2.27. The van der Waals surface area contributed by atoms with Crippen LogP contribution >= 0.6 is 0 Å². The molecule has 0 aliphatic heterocycles. The van der Waals surface area contributed by atoms with Gasteiger partial charge in [0.2, 0.25) is 0 Å². The number of nitrogens with one attached hydrogen (secondary N) is 1. The van der Waals surface area contributed by atoms with E-state index in [1.54, 1.807) is 6.07 Å². The maximum absolute atomic E-state index is 13.0. The van der Waals surface area contributed by atoms with Gasteiger partial charge in [-0.3, -0.25) is 9.59 Å². The van der Waals surface area contributed by atoms with Crippen molar-refractivity contribution in [2.24, 2.45) is 5.92 Å². The molecule has 1 atom stereocenters. The van der Waals surface area contributed by atoms with E-state index in [-0.39, 0.29) is 24.2 Å².